The number of ether oxygens (including phenoxy) is 2. The molecular formula is C24H25N3O2. The second kappa shape index (κ2) is 7.95. The molecule has 0 atom stereocenters. The van der Waals surface area contributed by atoms with E-state index in [4.69, 9.17) is 19.7 Å². The molecule has 0 radical (unpaired) electrons. The molecule has 0 fully saturated rings. The number of aromatic nitrogens is 3. The minimum Gasteiger partial charge on any atom is -0.497 e. The van der Waals surface area contributed by atoms with Crippen molar-refractivity contribution >= 4 is 11.0 Å². The fourth-order valence-corrected chi connectivity index (χ4v) is 3.45. The Morgan fingerprint density at radius 1 is 0.690 bits per heavy atom. The molecule has 0 spiro atoms. The Bertz CT molecular complexity index is 1030. The molecule has 0 saturated heterocycles. The molecule has 4 rings (SSSR count). The van der Waals surface area contributed by atoms with Crippen LogP contribution in [0, 0.1) is 5.92 Å². The number of benzene rings is 3. The van der Waals surface area contributed by atoms with Gasteiger partial charge in [-0.05, 0) is 41.3 Å². The first-order chi connectivity index (χ1) is 14.1. The van der Waals surface area contributed by atoms with Crippen LogP contribution in [0.25, 0.3) is 33.3 Å². The van der Waals surface area contributed by atoms with Crippen LogP contribution in [-0.2, 0) is 6.54 Å². The normalized spacial score (nSPS) is 11.2. The van der Waals surface area contributed by atoms with Gasteiger partial charge in [0.05, 0.1) is 20.8 Å². The molecule has 1 aromatic heterocycles. The van der Waals surface area contributed by atoms with Crippen molar-refractivity contribution in [1.82, 2.24) is 15.0 Å². The first kappa shape index (κ1) is 19.0. The number of methoxy groups -OCH3 is 2. The minimum absolute atomic E-state index is 0.464. The van der Waals surface area contributed by atoms with E-state index in [0.717, 1.165) is 51.3 Å². The molecule has 5 heteroatoms. The third-order valence-corrected chi connectivity index (χ3v) is 4.91. The second-order valence-corrected chi connectivity index (χ2v) is 7.46. The predicted molar refractivity (Wildman–Crippen MR) is 116 cm³/mol. The van der Waals surface area contributed by atoms with Gasteiger partial charge in [-0.3, -0.25) is 0 Å². The molecule has 148 valence electrons. The van der Waals surface area contributed by atoms with E-state index in [2.05, 4.69) is 50.2 Å². The van der Waals surface area contributed by atoms with Gasteiger partial charge in [-0.15, -0.1) is 0 Å². The number of fused-ring (bicyclic) bond motifs is 1. The summed E-state index contributed by atoms with van der Waals surface area (Å²) in [6.07, 6.45) is 0. The molecule has 29 heavy (non-hydrogen) atoms. The maximum Gasteiger partial charge on any atom is 0.121 e. The maximum atomic E-state index is 5.29. The standard InChI is InChI=1S/C24H25N3O2/c1-16(2)15-27-25-23-21(17-5-9-19(28-3)10-6-17)13-14-22(24(23)26-27)18-7-11-20(29-4)12-8-18/h5-14,16H,15H2,1-4H3. The van der Waals surface area contributed by atoms with Gasteiger partial charge in [0.1, 0.15) is 22.5 Å². The third-order valence-electron chi connectivity index (χ3n) is 4.91. The second-order valence-electron chi connectivity index (χ2n) is 7.46. The largest absolute Gasteiger partial charge is 0.497 e. The Kier molecular flexibility index (Phi) is 5.21. The monoisotopic (exact) mass is 387 g/mol. The van der Waals surface area contributed by atoms with Crippen molar-refractivity contribution < 1.29 is 9.47 Å². The van der Waals surface area contributed by atoms with Crippen molar-refractivity contribution in [2.75, 3.05) is 14.2 Å². The first-order valence-electron chi connectivity index (χ1n) is 9.75. The fourth-order valence-electron chi connectivity index (χ4n) is 3.45. The predicted octanol–water partition coefficient (Wildman–Crippen LogP) is 5.44. The van der Waals surface area contributed by atoms with Gasteiger partial charge in [-0.2, -0.15) is 15.0 Å². The molecule has 0 unspecified atom stereocenters. The first-order valence-corrected chi connectivity index (χ1v) is 9.75. The molecule has 1 heterocycles. The van der Waals surface area contributed by atoms with E-state index in [9.17, 15) is 0 Å². The molecule has 0 amide bonds. The van der Waals surface area contributed by atoms with Crippen molar-refractivity contribution in [2.24, 2.45) is 5.92 Å². The van der Waals surface area contributed by atoms with E-state index in [0.29, 0.717) is 5.92 Å². The summed E-state index contributed by atoms with van der Waals surface area (Å²) in [6.45, 7) is 5.12. The van der Waals surface area contributed by atoms with Crippen LogP contribution in [0.1, 0.15) is 13.8 Å². The Labute approximate surface area is 170 Å². The van der Waals surface area contributed by atoms with Gasteiger partial charge >= 0.3 is 0 Å². The summed E-state index contributed by atoms with van der Waals surface area (Å²) >= 11 is 0. The summed E-state index contributed by atoms with van der Waals surface area (Å²) in [5, 5.41) is 9.68. The van der Waals surface area contributed by atoms with E-state index in [1.54, 1.807) is 14.2 Å². The van der Waals surface area contributed by atoms with Crippen LogP contribution in [0.15, 0.2) is 60.7 Å². The quantitative estimate of drug-likeness (QED) is 0.442. The van der Waals surface area contributed by atoms with Gasteiger partial charge < -0.3 is 9.47 Å². The minimum atomic E-state index is 0.464. The summed E-state index contributed by atoms with van der Waals surface area (Å²) in [5.74, 6) is 2.14. The highest BCUT2D eigenvalue weighted by Gasteiger charge is 2.16. The summed E-state index contributed by atoms with van der Waals surface area (Å²) in [5.41, 5.74) is 6.13. The number of rotatable bonds is 6. The van der Waals surface area contributed by atoms with Crippen LogP contribution in [0.5, 0.6) is 11.5 Å². The van der Waals surface area contributed by atoms with Gasteiger partial charge in [-0.25, -0.2) is 0 Å². The number of nitrogens with zero attached hydrogens (tertiary/aromatic N) is 3. The topological polar surface area (TPSA) is 49.2 Å². The average molecular weight is 387 g/mol. The van der Waals surface area contributed by atoms with Gasteiger partial charge in [0.15, 0.2) is 0 Å². The SMILES string of the molecule is COc1ccc(-c2ccc(-c3ccc(OC)cc3)c3nn(CC(C)C)nc23)cc1. The van der Waals surface area contributed by atoms with Crippen molar-refractivity contribution in [3.8, 4) is 33.8 Å². The molecule has 0 aliphatic rings. The average Bonchev–Trinajstić information content (AvgIpc) is 3.16. The molecule has 0 N–H and O–H groups in total. The van der Waals surface area contributed by atoms with Gasteiger partial charge in [0.25, 0.3) is 0 Å². The zero-order valence-corrected chi connectivity index (χ0v) is 17.2. The number of hydrogen-bond donors (Lipinski definition) is 0. The molecule has 0 bridgehead atoms. The fraction of sp³-hybridized carbons (Fsp3) is 0.250. The van der Waals surface area contributed by atoms with E-state index >= 15 is 0 Å². The highest BCUT2D eigenvalue weighted by Crippen LogP contribution is 2.35. The molecule has 0 saturated carbocycles. The lowest BCUT2D eigenvalue weighted by Crippen LogP contribution is -2.07. The summed E-state index contributed by atoms with van der Waals surface area (Å²) in [6, 6.07) is 20.4. The highest BCUT2D eigenvalue weighted by molar-refractivity contribution is 6.00. The molecule has 5 nitrogen and oxygen atoms in total. The van der Waals surface area contributed by atoms with Crippen molar-refractivity contribution in [3.05, 3.63) is 60.7 Å². The smallest absolute Gasteiger partial charge is 0.121 e. The van der Waals surface area contributed by atoms with E-state index < -0.39 is 0 Å². The zero-order chi connectivity index (χ0) is 20.4. The van der Waals surface area contributed by atoms with Crippen LogP contribution in [0.3, 0.4) is 0 Å². The highest BCUT2D eigenvalue weighted by atomic mass is 16.5. The summed E-state index contributed by atoms with van der Waals surface area (Å²) in [4.78, 5) is 1.81. The molecular weight excluding hydrogens is 362 g/mol. The molecule has 0 aliphatic heterocycles. The third kappa shape index (κ3) is 3.81. The van der Waals surface area contributed by atoms with E-state index in [1.165, 1.54) is 0 Å². The lowest BCUT2D eigenvalue weighted by atomic mass is 9.98. The number of hydrogen-bond acceptors (Lipinski definition) is 4. The van der Waals surface area contributed by atoms with Crippen LogP contribution in [-0.4, -0.2) is 29.2 Å². The van der Waals surface area contributed by atoms with E-state index in [-0.39, 0.29) is 0 Å². The maximum absolute atomic E-state index is 5.29. The van der Waals surface area contributed by atoms with Crippen molar-refractivity contribution in [1.29, 1.82) is 0 Å². The summed E-state index contributed by atoms with van der Waals surface area (Å²) < 4.78 is 10.6. The lowest BCUT2D eigenvalue weighted by molar-refractivity contribution is 0.415. The zero-order valence-electron chi connectivity index (χ0n) is 17.2. The molecule has 0 aliphatic carbocycles. The Hall–Kier alpha value is -3.34. The Morgan fingerprint density at radius 2 is 1.10 bits per heavy atom. The molecule has 4 aromatic rings. The lowest BCUT2D eigenvalue weighted by Gasteiger charge is -2.08. The van der Waals surface area contributed by atoms with Gasteiger partial charge in [0, 0.05) is 11.1 Å². The Balaban J connectivity index is 1.87. The Morgan fingerprint density at radius 3 is 1.45 bits per heavy atom. The van der Waals surface area contributed by atoms with Crippen LogP contribution in [0.2, 0.25) is 0 Å². The molecule has 3 aromatic carbocycles. The van der Waals surface area contributed by atoms with Crippen molar-refractivity contribution in [2.45, 2.75) is 20.4 Å². The van der Waals surface area contributed by atoms with Gasteiger partial charge in [0.2, 0.25) is 0 Å². The van der Waals surface area contributed by atoms with Crippen LogP contribution < -0.4 is 9.47 Å². The van der Waals surface area contributed by atoms with Crippen LogP contribution >= 0.6 is 0 Å². The van der Waals surface area contributed by atoms with Crippen molar-refractivity contribution in [3.63, 3.8) is 0 Å². The van der Waals surface area contributed by atoms with E-state index in [1.807, 2.05) is 29.1 Å². The van der Waals surface area contributed by atoms with Crippen LogP contribution in [0.4, 0.5) is 0 Å². The van der Waals surface area contributed by atoms with Gasteiger partial charge in [-0.1, -0.05) is 50.2 Å². The summed E-state index contributed by atoms with van der Waals surface area (Å²) in [7, 11) is 3.35.